The zero-order valence-electron chi connectivity index (χ0n) is 21.9. The standard InChI is InChI=1S/C32H24N2O4S2/c1-3-5-25-29-31(37-17-15-35-29)27(39-25)9-7-21-11-13-33-23(19-21)24-20-22(12-14-34-24)8-10-28-32-30(36-16-18-38-32)26(40-28)6-4-2/h7-14,19-20H,15-18H2,1-2H3/b9-7+,10-8+. The molecule has 0 saturated heterocycles. The molecule has 198 valence electrons. The SMILES string of the molecule is CC#Cc1sc(/C=C/c2ccnc(-c3cc(/C=C/c4sc(C#CC)c5c4OCCO5)ccn3)c2)c2c1OCCO2. The van der Waals surface area contributed by atoms with E-state index in [1.165, 1.54) is 0 Å². The highest BCUT2D eigenvalue weighted by molar-refractivity contribution is 7.14. The lowest BCUT2D eigenvalue weighted by Gasteiger charge is -2.15. The Morgan fingerprint density at radius 2 is 1.05 bits per heavy atom. The molecule has 4 aromatic heterocycles. The van der Waals surface area contributed by atoms with Crippen molar-refractivity contribution in [3.8, 4) is 58.1 Å². The molecule has 0 aromatic carbocycles. The van der Waals surface area contributed by atoms with E-state index in [-0.39, 0.29) is 0 Å². The van der Waals surface area contributed by atoms with E-state index in [2.05, 4.69) is 33.6 Å². The lowest BCUT2D eigenvalue weighted by Crippen LogP contribution is -2.15. The van der Waals surface area contributed by atoms with Gasteiger partial charge in [-0.3, -0.25) is 9.97 Å². The van der Waals surface area contributed by atoms with E-state index in [1.807, 2.05) is 62.4 Å². The Bertz CT molecular complexity index is 1630. The first-order valence-corrected chi connectivity index (χ1v) is 14.4. The predicted octanol–water partition coefficient (Wildman–Crippen LogP) is 6.89. The summed E-state index contributed by atoms with van der Waals surface area (Å²) in [6.45, 7) is 5.77. The molecule has 0 bridgehead atoms. The van der Waals surface area contributed by atoms with Gasteiger partial charge in [0, 0.05) is 12.4 Å². The lowest BCUT2D eigenvalue weighted by atomic mass is 10.1. The Hall–Kier alpha value is -4.50. The molecule has 0 unspecified atom stereocenters. The van der Waals surface area contributed by atoms with Gasteiger partial charge in [-0.1, -0.05) is 24.0 Å². The Kier molecular flexibility index (Phi) is 7.54. The van der Waals surface area contributed by atoms with E-state index < -0.39 is 0 Å². The summed E-state index contributed by atoms with van der Waals surface area (Å²) in [5.41, 5.74) is 3.57. The molecule has 8 heteroatoms. The summed E-state index contributed by atoms with van der Waals surface area (Å²) in [7, 11) is 0. The van der Waals surface area contributed by atoms with Crippen molar-refractivity contribution in [2.24, 2.45) is 0 Å². The van der Waals surface area contributed by atoms with Gasteiger partial charge in [0.05, 0.1) is 21.1 Å². The van der Waals surface area contributed by atoms with Gasteiger partial charge in [-0.05, 0) is 61.4 Å². The van der Waals surface area contributed by atoms with Crippen molar-refractivity contribution >= 4 is 47.0 Å². The largest absolute Gasteiger partial charge is 0.485 e. The third-order valence-corrected chi connectivity index (χ3v) is 8.08. The molecule has 2 aliphatic rings. The molecule has 0 radical (unpaired) electrons. The van der Waals surface area contributed by atoms with Crippen LogP contribution in [-0.2, 0) is 0 Å². The zero-order chi connectivity index (χ0) is 27.3. The minimum absolute atomic E-state index is 0.531. The Morgan fingerprint density at radius 1 is 0.625 bits per heavy atom. The van der Waals surface area contributed by atoms with Crippen LogP contribution in [0.2, 0.25) is 0 Å². The van der Waals surface area contributed by atoms with E-state index in [4.69, 9.17) is 18.9 Å². The summed E-state index contributed by atoms with van der Waals surface area (Å²) in [5.74, 6) is 15.2. The van der Waals surface area contributed by atoms with Gasteiger partial charge >= 0.3 is 0 Å². The van der Waals surface area contributed by atoms with Crippen LogP contribution in [-0.4, -0.2) is 36.4 Å². The maximum absolute atomic E-state index is 5.89. The maximum atomic E-state index is 5.89. The fourth-order valence-electron chi connectivity index (χ4n) is 4.28. The van der Waals surface area contributed by atoms with Gasteiger partial charge in [-0.25, -0.2) is 0 Å². The molecule has 2 aliphatic heterocycles. The van der Waals surface area contributed by atoms with E-state index in [0.717, 1.165) is 65.0 Å². The first-order chi connectivity index (χ1) is 19.7. The third kappa shape index (κ3) is 5.33. The van der Waals surface area contributed by atoms with Gasteiger partial charge < -0.3 is 18.9 Å². The number of rotatable bonds is 5. The quantitative estimate of drug-likeness (QED) is 0.246. The number of ether oxygens (including phenoxy) is 4. The van der Waals surface area contributed by atoms with Crippen molar-refractivity contribution < 1.29 is 18.9 Å². The highest BCUT2D eigenvalue weighted by Gasteiger charge is 2.23. The van der Waals surface area contributed by atoms with Crippen molar-refractivity contribution in [2.75, 3.05) is 26.4 Å². The Labute approximate surface area is 240 Å². The van der Waals surface area contributed by atoms with E-state index in [9.17, 15) is 0 Å². The molecule has 0 aliphatic carbocycles. The molecule has 0 atom stereocenters. The molecule has 40 heavy (non-hydrogen) atoms. The van der Waals surface area contributed by atoms with Crippen molar-refractivity contribution in [1.29, 1.82) is 0 Å². The van der Waals surface area contributed by atoms with Crippen molar-refractivity contribution in [1.82, 2.24) is 9.97 Å². The highest BCUT2D eigenvalue weighted by Crippen LogP contribution is 2.45. The van der Waals surface area contributed by atoms with Gasteiger partial charge in [-0.2, -0.15) is 0 Å². The number of thiophene rings is 2. The summed E-state index contributed by atoms with van der Waals surface area (Å²) >= 11 is 3.14. The third-order valence-electron chi connectivity index (χ3n) is 6.01. The van der Waals surface area contributed by atoms with Crippen molar-refractivity contribution in [3.63, 3.8) is 0 Å². The van der Waals surface area contributed by atoms with E-state index in [1.54, 1.807) is 35.1 Å². The van der Waals surface area contributed by atoms with Crippen LogP contribution in [0.3, 0.4) is 0 Å². The van der Waals surface area contributed by atoms with Crippen molar-refractivity contribution in [3.05, 3.63) is 67.3 Å². The molecule has 6 nitrogen and oxygen atoms in total. The minimum Gasteiger partial charge on any atom is -0.485 e. The second kappa shape index (κ2) is 11.7. The fourth-order valence-corrected chi connectivity index (χ4v) is 6.28. The normalized spacial score (nSPS) is 13.6. The smallest absolute Gasteiger partial charge is 0.188 e. The molecule has 0 saturated carbocycles. The van der Waals surface area contributed by atoms with Crippen LogP contribution < -0.4 is 18.9 Å². The molecule has 4 aromatic rings. The van der Waals surface area contributed by atoms with Gasteiger partial charge in [0.25, 0.3) is 0 Å². The number of hydrogen-bond donors (Lipinski definition) is 0. The molecular weight excluding hydrogens is 540 g/mol. The van der Waals surface area contributed by atoms with Crippen LogP contribution in [0.4, 0.5) is 0 Å². The van der Waals surface area contributed by atoms with Crippen LogP contribution in [0.15, 0.2) is 36.7 Å². The van der Waals surface area contributed by atoms with E-state index >= 15 is 0 Å². The topological polar surface area (TPSA) is 62.7 Å². The van der Waals surface area contributed by atoms with Crippen LogP contribution in [0.25, 0.3) is 35.7 Å². The lowest BCUT2D eigenvalue weighted by molar-refractivity contribution is 0.173. The monoisotopic (exact) mass is 564 g/mol. The average Bonchev–Trinajstić information content (AvgIpc) is 3.54. The number of aromatic nitrogens is 2. The molecule has 0 amide bonds. The second-order valence-electron chi connectivity index (χ2n) is 8.67. The minimum atomic E-state index is 0.531. The number of hydrogen-bond acceptors (Lipinski definition) is 8. The Balaban J connectivity index is 1.24. The summed E-state index contributed by atoms with van der Waals surface area (Å²) in [6.07, 6.45) is 11.7. The zero-order valence-corrected chi connectivity index (χ0v) is 23.6. The summed E-state index contributed by atoms with van der Waals surface area (Å²) < 4.78 is 23.4. The molecule has 0 fully saturated rings. The molecule has 6 rings (SSSR count). The van der Waals surface area contributed by atoms with Gasteiger partial charge in [0.15, 0.2) is 23.0 Å². The molecule has 6 heterocycles. The summed E-state index contributed by atoms with van der Waals surface area (Å²) in [5, 5.41) is 0. The number of nitrogens with zero attached hydrogens (tertiary/aromatic N) is 2. The maximum Gasteiger partial charge on any atom is 0.188 e. The highest BCUT2D eigenvalue weighted by atomic mass is 32.1. The summed E-state index contributed by atoms with van der Waals surface area (Å²) in [4.78, 5) is 12.9. The molecule has 0 spiro atoms. The first kappa shape index (κ1) is 25.8. The van der Waals surface area contributed by atoms with Gasteiger partial charge in [-0.15, -0.1) is 34.5 Å². The number of fused-ring (bicyclic) bond motifs is 2. The predicted molar refractivity (Wildman–Crippen MR) is 161 cm³/mol. The van der Waals surface area contributed by atoms with Crippen LogP contribution >= 0.6 is 22.7 Å². The fraction of sp³-hybridized carbons (Fsp3) is 0.188. The number of pyridine rings is 2. The first-order valence-electron chi connectivity index (χ1n) is 12.7. The van der Waals surface area contributed by atoms with Crippen LogP contribution in [0.1, 0.15) is 44.5 Å². The van der Waals surface area contributed by atoms with Gasteiger partial charge in [0.1, 0.15) is 36.2 Å². The van der Waals surface area contributed by atoms with E-state index in [0.29, 0.717) is 26.4 Å². The summed E-state index contributed by atoms with van der Waals surface area (Å²) in [6, 6.07) is 7.97. The Morgan fingerprint density at radius 3 is 1.48 bits per heavy atom. The second-order valence-corrected chi connectivity index (χ2v) is 10.8. The molecular formula is C32H24N2O4S2. The molecule has 0 N–H and O–H groups in total. The van der Waals surface area contributed by atoms with Crippen LogP contribution in [0, 0.1) is 23.7 Å². The van der Waals surface area contributed by atoms with Gasteiger partial charge in [0.2, 0.25) is 0 Å². The average molecular weight is 565 g/mol. The van der Waals surface area contributed by atoms with Crippen LogP contribution in [0.5, 0.6) is 23.0 Å². The van der Waals surface area contributed by atoms with Crippen molar-refractivity contribution in [2.45, 2.75) is 13.8 Å².